The number of rotatable bonds is 2. The molecule has 3 aliphatic heterocycles. The van der Waals surface area contributed by atoms with Gasteiger partial charge in [0.05, 0.1) is 5.41 Å². The summed E-state index contributed by atoms with van der Waals surface area (Å²) in [6, 6.07) is 11.2. The van der Waals surface area contributed by atoms with Gasteiger partial charge in [0.15, 0.2) is 0 Å². The van der Waals surface area contributed by atoms with Crippen LogP contribution in [0.3, 0.4) is 0 Å². The van der Waals surface area contributed by atoms with Crippen molar-refractivity contribution in [3.63, 3.8) is 0 Å². The van der Waals surface area contributed by atoms with Gasteiger partial charge in [0.2, 0.25) is 5.91 Å². The Morgan fingerprint density at radius 3 is 2.65 bits per heavy atom. The highest BCUT2D eigenvalue weighted by Crippen LogP contribution is 2.51. The van der Waals surface area contributed by atoms with Crippen LogP contribution in [-0.4, -0.2) is 47.9 Å². The van der Waals surface area contributed by atoms with Crippen molar-refractivity contribution in [3.8, 4) is 0 Å². The Hall–Kier alpha value is -1.35. The second-order valence-electron chi connectivity index (χ2n) is 8.14. The normalized spacial score (nSPS) is 35.0. The highest BCUT2D eigenvalue weighted by atomic mass is 16.2. The monoisotopic (exact) mass is 310 g/mol. The Kier molecular flexibility index (Phi) is 3.09. The molecule has 3 heteroatoms. The van der Waals surface area contributed by atoms with Crippen LogP contribution in [0.5, 0.6) is 0 Å². The van der Waals surface area contributed by atoms with Crippen LogP contribution in [0.1, 0.15) is 37.7 Å². The average molecular weight is 310 g/mol. The summed E-state index contributed by atoms with van der Waals surface area (Å²) in [5.41, 5.74) is 1.06. The van der Waals surface area contributed by atoms with Gasteiger partial charge in [0, 0.05) is 25.7 Å². The van der Waals surface area contributed by atoms with E-state index in [2.05, 4.69) is 34.1 Å². The number of carbonyl (C=O) groups excluding carboxylic acids is 1. The third-order valence-corrected chi connectivity index (χ3v) is 6.89. The number of likely N-dealkylation sites (tertiary alicyclic amines) is 1. The van der Waals surface area contributed by atoms with Crippen molar-refractivity contribution >= 4 is 5.91 Å². The summed E-state index contributed by atoms with van der Waals surface area (Å²) in [7, 11) is 0. The number of amides is 1. The summed E-state index contributed by atoms with van der Waals surface area (Å²) in [6.45, 7) is 4.54. The summed E-state index contributed by atoms with van der Waals surface area (Å²) in [5, 5.41) is 0. The van der Waals surface area contributed by atoms with Crippen molar-refractivity contribution in [2.24, 2.45) is 11.8 Å². The Labute approximate surface area is 138 Å². The van der Waals surface area contributed by atoms with Gasteiger partial charge in [-0.15, -0.1) is 0 Å². The van der Waals surface area contributed by atoms with Gasteiger partial charge in [-0.1, -0.05) is 36.8 Å². The Morgan fingerprint density at radius 1 is 1.04 bits per heavy atom. The van der Waals surface area contributed by atoms with Gasteiger partial charge in [-0.25, -0.2) is 0 Å². The van der Waals surface area contributed by atoms with E-state index in [0.29, 0.717) is 5.91 Å². The Morgan fingerprint density at radius 2 is 1.87 bits per heavy atom. The maximum absolute atomic E-state index is 13.2. The fourth-order valence-electron chi connectivity index (χ4n) is 5.53. The average Bonchev–Trinajstić information content (AvgIpc) is 3.19. The molecular weight excluding hydrogens is 284 g/mol. The molecule has 0 bridgehead atoms. The van der Waals surface area contributed by atoms with Crippen LogP contribution in [0.15, 0.2) is 30.3 Å². The minimum Gasteiger partial charge on any atom is -0.341 e. The molecule has 1 amide bonds. The van der Waals surface area contributed by atoms with Crippen LogP contribution in [0.25, 0.3) is 0 Å². The quantitative estimate of drug-likeness (QED) is 0.838. The van der Waals surface area contributed by atoms with Gasteiger partial charge < -0.3 is 4.90 Å². The lowest BCUT2D eigenvalue weighted by Crippen LogP contribution is -2.43. The molecule has 4 fully saturated rings. The largest absolute Gasteiger partial charge is 0.341 e. The minimum absolute atomic E-state index is 0.174. The van der Waals surface area contributed by atoms with Crippen LogP contribution < -0.4 is 0 Å². The van der Waals surface area contributed by atoms with E-state index in [-0.39, 0.29) is 5.41 Å². The molecule has 3 nitrogen and oxygen atoms in total. The summed E-state index contributed by atoms with van der Waals surface area (Å²) in [6.07, 6.45) is 6.18. The summed E-state index contributed by atoms with van der Waals surface area (Å²) in [4.78, 5) is 18.2. The van der Waals surface area contributed by atoms with Crippen LogP contribution in [0.4, 0.5) is 0 Å². The molecule has 3 unspecified atom stereocenters. The van der Waals surface area contributed by atoms with Gasteiger partial charge in [0.25, 0.3) is 0 Å². The lowest BCUT2D eigenvalue weighted by molar-refractivity contribution is -0.133. The van der Waals surface area contributed by atoms with E-state index < -0.39 is 0 Å². The van der Waals surface area contributed by atoms with E-state index in [1.165, 1.54) is 37.9 Å². The second-order valence-corrected chi connectivity index (χ2v) is 8.14. The minimum atomic E-state index is -0.174. The molecular formula is C20H26N2O. The lowest BCUT2D eigenvalue weighted by Gasteiger charge is -2.33. The van der Waals surface area contributed by atoms with Crippen molar-refractivity contribution in [3.05, 3.63) is 35.9 Å². The molecule has 1 saturated carbocycles. The van der Waals surface area contributed by atoms with Crippen LogP contribution in [0.2, 0.25) is 0 Å². The highest BCUT2D eigenvalue weighted by molar-refractivity contribution is 5.91. The Balaban J connectivity index is 1.34. The number of carbonyl (C=O) groups is 1. The maximum atomic E-state index is 13.2. The predicted molar refractivity (Wildman–Crippen MR) is 90.1 cm³/mol. The van der Waals surface area contributed by atoms with E-state index >= 15 is 0 Å². The molecule has 0 N–H and O–H groups in total. The predicted octanol–water partition coefficient (Wildman–Crippen LogP) is 2.66. The van der Waals surface area contributed by atoms with E-state index in [0.717, 1.165) is 43.8 Å². The number of benzene rings is 1. The van der Waals surface area contributed by atoms with Crippen molar-refractivity contribution < 1.29 is 4.79 Å². The fourth-order valence-corrected chi connectivity index (χ4v) is 5.53. The molecule has 1 aliphatic carbocycles. The van der Waals surface area contributed by atoms with Crippen molar-refractivity contribution in [1.82, 2.24) is 9.80 Å². The van der Waals surface area contributed by atoms with Crippen molar-refractivity contribution in [2.75, 3.05) is 26.2 Å². The molecule has 4 aliphatic rings. The summed E-state index contributed by atoms with van der Waals surface area (Å²) >= 11 is 0. The zero-order valence-corrected chi connectivity index (χ0v) is 13.8. The summed E-state index contributed by atoms with van der Waals surface area (Å²) < 4.78 is 0. The third-order valence-electron chi connectivity index (χ3n) is 6.89. The van der Waals surface area contributed by atoms with Crippen LogP contribution >= 0.6 is 0 Å². The van der Waals surface area contributed by atoms with Gasteiger partial charge in [0.1, 0.15) is 0 Å². The lowest BCUT2D eigenvalue weighted by atomic mass is 9.90. The smallest absolute Gasteiger partial charge is 0.233 e. The van der Waals surface area contributed by atoms with Gasteiger partial charge >= 0.3 is 0 Å². The second kappa shape index (κ2) is 5.07. The first-order valence-corrected chi connectivity index (χ1v) is 9.37. The molecule has 1 aromatic carbocycles. The van der Waals surface area contributed by atoms with E-state index in [4.69, 9.17) is 0 Å². The van der Waals surface area contributed by atoms with E-state index in [1.807, 2.05) is 6.07 Å². The first-order chi connectivity index (χ1) is 11.3. The molecule has 1 aromatic rings. The molecule has 5 rings (SSSR count). The van der Waals surface area contributed by atoms with Gasteiger partial charge in [-0.05, 0) is 49.6 Å². The zero-order chi connectivity index (χ0) is 15.4. The molecule has 3 atom stereocenters. The van der Waals surface area contributed by atoms with Crippen molar-refractivity contribution in [1.29, 1.82) is 0 Å². The molecule has 3 heterocycles. The molecule has 122 valence electrons. The van der Waals surface area contributed by atoms with Crippen LogP contribution in [0, 0.1) is 11.8 Å². The zero-order valence-electron chi connectivity index (χ0n) is 13.8. The SMILES string of the molecule is O=C(N1CC2CN3CCCCC3C2C1)C1(c2ccccc2)CC1. The third kappa shape index (κ3) is 2.09. The van der Waals surface area contributed by atoms with E-state index in [9.17, 15) is 4.79 Å². The topological polar surface area (TPSA) is 23.6 Å². The van der Waals surface area contributed by atoms with Gasteiger partial charge in [-0.3, -0.25) is 9.69 Å². The van der Waals surface area contributed by atoms with Crippen LogP contribution in [-0.2, 0) is 10.2 Å². The number of fused-ring (bicyclic) bond motifs is 3. The fraction of sp³-hybridized carbons (Fsp3) is 0.650. The molecule has 0 aromatic heterocycles. The van der Waals surface area contributed by atoms with E-state index in [1.54, 1.807) is 0 Å². The number of hydrogen-bond acceptors (Lipinski definition) is 2. The Bertz CT molecular complexity index is 609. The molecule has 3 saturated heterocycles. The maximum Gasteiger partial charge on any atom is 0.233 e. The number of nitrogens with zero attached hydrogens (tertiary/aromatic N) is 2. The number of hydrogen-bond donors (Lipinski definition) is 0. The molecule has 23 heavy (non-hydrogen) atoms. The highest BCUT2D eigenvalue weighted by Gasteiger charge is 2.56. The standard InChI is InChI=1S/C20H26N2O/c23-19(20(9-10-20)16-6-2-1-3-7-16)22-13-15-12-21-11-5-4-8-18(21)17(15)14-22/h1-3,6-7,15,17-18H,4-5,8-14H2. The van der Waals surface area contributed by atoms with Gasteiger partial charge in [-0.2, -0.15) is 0 Å². The number of piperidine rings is 1. The summed E-state index contributed by atoms with van der Waals surface area (Å²) in [5.74, 6) is 1.89. The first kappa shape index (κ1) is 14.0. The molecule has 0 spiro atoms. The first-order valence-electron chi connectivity index (χ1n) is 9.37. The molecule has 0 radical (unpaired) electrons. The van der Waals surface area contributed by atoms with Crippen molar-refractivity contribution in [2.45, 2.75) is 43.6 Å².